The summed E-state index contributed by atoms with van der Waals surface area (Å²) in [5.74, 6) is -0.994. The number of hydrogen-bond donors (Lipinski definition) is 1. The van der Waals surface area contributed by atoms with Crippen molar-refractivity contribution in [1.82, 2.24) is 9.21 Å². The second kappa shape index (κ2) is 10.7. The minimum atomic E-state index is -3.93. The number of halogens is 1. The highest BCUT2D eigenvalue weighted by Crippen LogP contribution is 2.34. The first-order valence-corrected chi connectivity index (χ1v) is 12.6. The van der Waals surface area contributed by atoms with E-state index in [0.29, 0.717) is 0 Å². The van der Waals surface area contributed by atoms with Crippen molar-refractivity contribution in [3.05, 3.63) is 65.5 Å². The van der Waals surface area contributed by atoms with Gasteiger partial charge in [-0.2, -0.15) is 4.31 Å². The SMILES string of the molecule is C/C=C/c1ccc2c(c1)O[C@H](CN(C)C(=O)c1cccc(F)c1)[C@H](C)CN([C@@H](C)CO)S2(=O)=O. The maximum Gasteiger partial charge on any atom is 0.253 e. The summed E-state index contributed by atoms with van der Waals surface area (Å²) in [6, 6.07) is 9.69. The van der Waals surface area contributed by atoms with Gasteiger partial charge in [0.2, 0.25) is 10.0 Å². The van der Waals surface area contributed by atoms with E-state index >= 15 is 0 Å². The van der Waals surface area contributed by atoms with Crippen LogP contribution in [0, 0.1) is 11.7 Å². The van der Waals surface area contributed by atoms with Crippen LogP contribution in [0.15, 0.2) is 53.4 Å². The van der Waals surface area contributed by atoms with Gasteiger partial charge in [-0.25, -0.2) is 12.8 Å². The number of hydrogen-bond acceptors (Lipinski definition) is 5. The molecule has 7 nitrogen and oxygen atoms in total. The Labute approximate surface area is 200 Å². The standard InChI is InChI=1S/C25H31FN2O5S/c1-5-7-19-10-11-24-22(12-19)33-23(17(2)14-28(18(3)16-29)34(24,31)32)15-27(4)25(30)20-8-6-9-21(26)13-20/h5-13,17-18,23,29H,14-16H2,1-4H3/b7-5+/t17-,18+,23-/m1/s1. The first-order chi connectivity index (χ1) is 16.1. The molecule has 184 valence electrons. The summed E-state index contributed by atoms with van der Waals surface area (Å²) >= 11 is 0. The van der Waals surface area contributed by atoms with Crippen molar-refractivity contribution in [1.29, 1.82) is 0 Å². The number of amides is 1. The molecule has 0 unspecified atom stereocenters. The van der Waals surface area contributed by atoms with Crippen molar-refractivity contribution < 1.29 is 27.4 Å². The van der Waals surface area contributed by atoms with E-state index in [1.807, 2.05) is 26.0 Å². The first kappa shape index (κ1) is 25.9. The number of sulfonamides is 1. The third-order valence-corrected chi connectivity index (χ3v) is 7.94. The van der Waals surface area contributed by atoms with Gasteiger partial charge in [0.15, 0.2) is 0 Å². The van der Waals surface area contributed by atoms with Crippen LogP contribution in [0.1, 0.15) is 36.7 Å². The lowest BCUT2D eigenvalue weighted by Crippen LogP contribution is -2.50. The number of nitrogens with zero attached hydrogens (tertiary/aromatic N) is 2. The molecule has 0 radical (unpaired) electrons. The summed E-state index contributed by atoms with van der Waals surface area (Å²) in [6.07, 6.45) is 3.12. The molecule has 1 aliphatic rings. The van der Waals surface area contributed by atoms with Gasteiger partial charge < -0.3 is 14.7 Å². The number of ether oxygens (including phenoxy) is 1. The van der Waals surface area contributed by atoms with E-state index in [4.69, 9.17) is 4.74 Å². The monoisotopic (exact) mass is 490 g/mol. The molecule has 1 amide bonds. The number of carbonyl (C=O) groups excluding carboxylic acids is 1. The highest BCUT2D eigenvalue weighted by atomic mass is 32.2. The highest BCUT2D eigenvalue weighted by molar-refractivity contribution is 7.89. The van der Waals surface area contributed by atoms with Crippen molar-refractivity contribution in [3.8, 4) is 5.75 Å². The normalized spacial score (nSPS) is 21.2. The van der Waals surface area contributed by atoms with Crippen molar-refractivity contribution >= 4 is 22.0 Å². The number of aliphatic hydroxyl groups is 1. The molecular formula is C25H31FN2O5S. The third-order valence-electron chi connectivity index (χ3n) is 5.92. The molecule has 1 heterocycles. The van der Waals surface area contributed by atoms with Gasteiger partial charge in [-0.15, -0.1) is 0 Å². The lowest BCUT2D eigenvalue weighted by Gasteiger charge is -2.37. The van der Waals surface area contributed by atoms with Crippen LogP contribution >= 0.6 is 0 Å². The minimum Gasteiger partial charge on any atom is -0.487 e. The van der Waals surface area contributed by atoms with Gasteiger partial charge in [-0.05, 0) is 49.7 Å². The molecular weight excluding hydrogens is 459 g/mol. The Morgan fingerprint density at radius 2 is 2.06 bits per heavy atom. The van der Waals surface area contributed by atoms with Crippen LogP contribution in [0.5, 0.6) is 5.75 Å². The Morgan fingerprint density at radius 1 is 1.32 bits per heavy atom. The molecule has 3 atom stereocenters. The topological polar surface area (TPSA) is 87.2 Å². The maximum atomic E-state index is 13.6. The molecule has 2 aromatic carbocycles. The molecule has 0 fully saturated rings. The van der Waals surface area contributed by atoms with Crippen molar-refractivity contribution in [2.45, 2.75) is 37.8 Å². The molecule has 0 aliphatic carbocycles. The summed E-state index contributed by atoms with van der Waals surface area (Å²) in [6.45, 7) is 5.28. The van der Waals surface area contributed by atoms with Crippen LogP contribution in [-0.2, 0) is 10.0 Å². The van der Waals surface area contributed by atoms with E-state index in [9.17, 15) is 22.7 Å². The largest absolute Gasteiger partial charge is 0.487 e. The third kappa shape index (κ3) is 5.48. The number of allylic oxidation sites excluding steroid dienone is 1. The van der Waals surface area contributed by atoms with Gasteiger partial charge in [0, 0.05) is 31.1 Å². The van der Waals surface area contributed by atoms with E-state index in [-0.39, 0.29) is 47.7 Å². The molecule has 3 rings (SSSR count). The predicted molar refractivity (Wildman–Crippen MR) is 129 cm³/mol. The van der Waals surface area contributed by atoms with Crippen molar-refractivity contribution in [2.24, 2.45) is 5.92 Å². The Morgan fingerprint density at radius 3 is 2.71 bits per heavy atom. The summed E-state index contributed by atoms with van der Waals surface area (Å²) < 4.78 is 48.1. The quantitative estimate of drug-likeness (QED) is 0.671. The zero-order valence-electron chi connectivity index (χ0n) is 19.8. The number of carbonyl (C=O) groups is 1. The summed E-state index contributed by atoms with van der Waals surface area (Å²) in [4.78, 5) is 14.4. The lowest BCUT2D eigenvalue weighted by atomic mass is 10.0. The van der Waals surface area contributed by atoms with Crippen molar-refractivity contribution in [3.63, 3.8) is 0 Å². The van der Waals surface area contributed by atoms with E-state index < -0.39 is 28.0 Å². The molecule has 9 heteroatoms. The fraction of sp³-hybridized carbons (Fsp3) is 0.400. The minimum absolute atomic E-state index is 0.0112. The predicted octanol–water partition coefficient (Wildman–Crippen LogP) is 3.40. The van der Waals surface area contributed by atoms with E-state index in [1.54, 1.807) is 32.2 Å². The maximum absolute atomic E-state index is 13.6. The van der Waals surface area contributed by atoms with Gasteiger partial charge in [0.05, 0.1) is 13.2 Å². The number of rotatable bonds is 6. The highest BCUT2D eigenvalue weighted by Gasteiger charge is 2.38. The second-order valence-corrected chi connectivity index (χ2v) is 10.5. The van der Waals surface area contributed by atoms with Gasteiger partial charge in [0.1, 0.15) is 22.6 Å². The molecule has 0 aromatic heterocycles. The summed E-state index contributed by atoms with van der Waals surface area (Å²) in [5, 5.41) is 9.73. The van der Waals surface area contributed by atoms with Crippen molar-refractivity contribution in [2.75, 3.05) is 26.7 Å². The summed E-state index contributed by atoms with van der Waals surface area (Å²) in [5.41, 5.74) is 0.990. The number of benzene rings is 2. The Hall–Kier alpha value is -2.75. The van der Waals surface area contributed by atoms with Crippen LogP contribution in [0.25, 0.3) is 6.08 Å². The van der Waals surface area contributed by atoms with Crippen LogP contribution < -0.4 is 4.74 Å². The lowest BCUT2D eigenvalue weighted by molar-refractivity contribution is 0.0563. The number of likely N-dealkylation sites (N-methyl/N-ethyl adjacent to an activating group) is 1. The fourth-order valence-corrected chi connectivity index (χ4v) is 5.78. The number of aliphatic hydroxyl groups excluding tert-OH is 1. The average molecular weight is 491 g/mol. The Balaban J connectivity index is 2.00. The second-order valence-electron chi connectivity index (χ2n) is 8.64. The molecule has 1 aliphatic heterocycles. The van der Waals surface area contributed by atoms with E-state index in [1.165, 1.54) is 33.5 Å². The van der Waals surface area contributed by atoms with E-state index in [0.717, 1.165) is 5.56 Å². The summed E-state index contributed by atoms with van der Waals surface area (Å²) in [7, 11) is -2.33. The number of fused-ring (bicyclic) bond motifs is 1. The molecule has 0 saturated carbocycles. The van der Waals surface area contributed by atoms with Gasteiger partial charge in [0.25, 0.3) is 5.91 Å². The molecule has 2 aromatic rings. The van der Waals surface area contributed by atoms with Gasteiger partial charge >= 0.3 is 0 Å². The molecule has 0 bridgehead atoms. The zero-order valence-corrected chi connectivity index (χ0v) is 20.6. The average Bonchev–Trinajstić information content (AvgIpc) is 2.80. The first-order valence-electron chi connectivity index (χ1n) is 11.2. The van der Waals surface area contributed by atoms with Crippen LogP contribution in [-0.4, -0.2) is 67.5 Å². The molecule has 34 heavy (non-hydrogen) atoms. The molecule has 0 spiro atoms. The fourth-order valence-electron chi connectivity index (χ4n) is 3.95. The van der Waals surface area contributed by atoms with Crippen LogP contribution in [0.4, 0.5) is 4.39 Å². The van der Waals surface area contributed by atoms with E-state index in [2.05, 4.69) is 0 Å². The zero-order chi connectivity index (χ0) is 25.0. The van der Waals surface area contributed by atoms with Gasteiger partial charge in [-0.1, -0.05) is 31.2 Å². The Kier molecular flexibility index (Phi) is 8.12. The smallest absolute Gasteiger partial charge is 0.253 e. The van der Waals surface area contributed by atoms with Crippen LogP contribution in [0.3, 0.4) is 0 Å². The Bertz CT molecular complexity index is 1170. The van der Waals surface area contributed by atoms with Gasteiger partial charge in [-0.3, -0.25) is 4.79 Å². The molecule has 0 saturated heterocycles. The van der Waals surface area contributed by atoms with Crippen LogP contribution in [0.2, 0.25) is 0 Å². The molecule has 1 N–H and O–H groups in total.